The van der Waals surface area contributed by atoms with Gasteiger partial charge in [-0.1, -0.05) is 0 Å². The summed E-state index contributed by atoms with van der Waals surface area (Å²) < 4.78 is 10.4. The highest BCUT2D eigenvalue weighted by Gasteiger charge is 2.23. The van der Waals surface area contributed by atoms with Crippen molar-refractivity contribution in [3.8, 4) is 0 Å². The first-order valence-electron chi connectivity index (χ1n) is 5.64. The van der Waals surface area contributed by atoms with Gasteiger partial charge in [-0.05, 0) is 20.8 Å². The predicted molar refractivity (Wildman–Crippen MR) is 57.7 cm³/mol. The standard InChI is InChI=1S/C11H21NO3/c1-4-14-11(13)7-9(2)12-5-6-15-10(3)8-12/h9-10H,4-8H2,1-3H3. The van der Waals surface area contributed by atoms with E-state index < -0.39 is 0 Å². The Hall–Kier alpha value is -0.610. The summed E-state index contributed by atoms with van der Waals surface area (Å²) in [7, 11) is 0. The SMILES string of the molecule is CCOC(=O)CC(C)N1CCOC(C)C1. The zero-order valence-corrected chi connectivity index (χ0v) is 9.86. The number of hydrogen-bond acceptors (Lipinski definition) is 4. The molecule has 0 bridgehead atoms. The maximum atomic E-state index is 11.3. The molecule has 4 heteroatoms. The lowest BCUT2D eigenvalue weighted by Gasteiger charge is -2.35. The lowest BCUT2D eigenvalue weighted by atomic mass is 10.1. The highest BCUT2D eigenvalue weighted by molar-refractivity contribution is 5.70. The first-order chi connectivity index (χ1) is 7.13. The molecule has 4 nitrogen and oxygen atoms in total. The van der Waals surface area contributed by atoms with Crippen LogP contribution in [0.2, 0.25) is 0 Å². The van der Waals surface area contributed by atoms with Gasteiger partial charge in [-0.15, -0.1) is 0 Å². The van der Waals surface area contributed by atoms with Crippen molar-refractivity contribution in [2.75, 3.05) is 26.3 Å². The van der Waals surface area contributed by atoms with E-state index in [2.05, 4.69) is 18.7 Å². The number of esters is 1. The second kappa shape index (κ2) is 6.08. The molecule has 1 aliphatic rings. The van der Waals surface area contributed by atoms with Crippen molar-refractivity contribution < 1.29 is 14.3 Å². The summed E-state index contributed by atoms with van der Waals surface area (Å²) in [5.41, 5.74) is 0. The number of morpholine rings is 1. The number of nitrogens with zero attached hydrogens (tertiary/aromatic N) is 1. The highest BCUT2D eigenvalue weighted by Crippen LogP contribution is 2.11. The Morgan fingerprint density at radius 3 is 3.00 bits per heavy atom. The summed E-state index contributed by atoms with van der Waals surface area (Å²) >= 11 is 0. The van der Waals surface area contributed by atoms with E-state index in [1.54, 1.807) is 0 Å². The summed E-state index contributed by atoms with van der Waals surface area (Å²) in [5, 5.41) is 0. The molecule has 15 heavy (non-hydrogen) atoms. The molecule has 2 atom stereocenters. The van der Waals surface area contributed by atoms with Gasteiger partial charge in [0.05, 0.1) is 25.7 Å². The second-order valence-electron chi connectivity index (χ2n) is 4.03. The molecule has 0 radical (unpaired) electrons. The highest BCUT2D eigenvalue weighted by atomic mass is 16.5. The fraction of sp³-hybridized carbons (Fsp3) is 0.909. The maximum Gasteiger partial charge on any atom is 0.307 e. The van der Waals surface area contributed by atoms with E-state index in [9.17, 15) is 4.79 Å². The molecule has 2 unspecified atom stereocenters. The van der Waals surface area contributed by atoms with Crippen molar-refractivity contribution in [3.63, 3.8) is 0 Å². The van der Waals surface area contributed by atoms with Gasteiger partial charge in [0.25, 0.3) is 0 Å². The molecule has 1 saturated heterocycles. The third-order valence-electron chi connectivity index (χ3n) is 2.66. The van der Waals surface area contributed by atoms with Crippen molar-refractivity contribution >= 4 is 5.97 Å². The van der Waals surface area contributed by atoms with E-state index in [1.807, 2.05) is 6.92 Å². The first-order valence-corrected chi connectivity index (χ1v) is 5.64. The van der Waals surface area contributed by atoms with E-state index in [0.717, 1.165) is 19.7 Å². The molecule has 0 amide bonds. The van der Waals surface area contributed by atoms with E-state index in [0.29, 0.717) is 13.0 Å². The molecule has 0 aliphatic carbocycles. The third kappa shape index (κ3) is 4.18. The average molecular weight is 215 g/mol. The van der Waals surface area contributed by atoms with Gasteiger partial charge < -0.3 is 9.47 Å². The van der Waals surface area contributed by atoms with Gasteiger partial charge in [0.1, 0.15) is 0 Å². The number of ether oxygens (including phenoxy) is 2. The van der Waals surface area contributed by atoms with Crippen LogP contribution in [0.25, 0.3) is 0 Å². The Labute approximate surface area is 91.5 Å². The van der Waals surface area contributed by atoms with Crippen LogP contribution in [-0.4, -0.2) is 49.3 Å². The van der Waals surface area contributed by atoms with Gasteiger partial charge >= 0.3 is 5.97 Å². The van der Waals surface area contributed by atoms with Crippen LogP contribution >= 0.6 is 0 Å². The van der Waals surface area contributed by atoms with Gasteiger partial charge in [-0.25, -0.2) is 0 Å². The van der Waals surface area contributed by atoms with Crippen LogP contribution in [0.4, 0.5) is 0 Å². The van der Waals surface area contributed by atoms with Crippen molar-refractivity contribution in [2.24, 2.45) is 0 Å². The quantitative estimate of drug-likeness (QED) is 0.657. The summed E-state index contributed by atoms with van der Waals surface area (Å²) in [4.78, 5) is 13.6. The average Bonchev–Trinajstić information content (AvgIpc) is 2.18. The second-order valence-corrected chi connectivity index (χ2v) is 4.03. The topological polar surface area (TPSA) is 38.8 Å². The van der Waals surface area contributed by atoms with E-state index in [4.69, 9.17) is 9.47 Å². The van der Waals surface area contributed by atoms with Crippen LogP contribution in [0.1, 0.15) is 27.2 Å². The Balaban J connectivity index is 2.32. The summed E-state index contributed by atoms with van der Waals surface area (Å²) in [6.07, 6.45) is 0.740. The summed E-state index contributed by atoms with van der Waals surface area (Å²) in [5.74, 6) is -0.107. The van der Waals surface area contributed by atoms with Crippen molar-refractivity contribution in [2.45, 2.75) is 39.3 Å². The van der Waals surface area contributed by atoms with Crippen LogP contribution < -0.4 is 0 Å². The zero-order chi connectivity index (χ0) is 11.3. The monoisotopic (exact) mass is 215 g/mol. The Morgan fingerprint density at radius 2 is 2.40 bits per heavy atom. The van der Waals surface area contributed by atoms with Crippen LogP contribution in [0.3, 0.4) is 0 Å². The normalized spacial score (nSPS) is 24.9. The molecule has 0 aromatic carbocycles. The zero-order valence-electron chi connectivity index (χ0n) is 9.86. The molecule has 88 valence electrons. The number of rotatable bonds is 4. The van der Waals surface area contributed by atoms with Gasteiger partial charge in [-0.2, -0.15) is 0 Å². The Kier molecular flexibility index (Phi) is 5.05. The van der Waals surface area contributed by atoms with Crippen molar-refractivity contribution in [1.82, 2.24) is 4.90 Å². The smallest absolute Gasteiger partial charge is 0.307 e. The predicted octanol–water partition coefficient (Wildman–Crippen LogP) is 1.05. The molecular weight excluding hydrogens is 194 g/mol. The van der Waals surface area contributed by atoms with Crippen LogP contribution in [0.15, 0.2) is 0 Å². The summed E-state index contributed by atoms with van der Waals surface area (Å²) in [6.45, 7) is 8.99. The molecule has 0 aromatic heterocycles. The molecule has 0 N–H and O–H groups in total. The maximum absolute atomic E-state index is 11.3. The van der Waals surface area contributed by atoms with E-state index >= 15 is 0 Å². The third-order valence-corrected chi connectivity index (χ3v) is 2.66. The van der Waals surface area contributed by atoms with E-state index in [1.165, 1.54) is 0 Å². The fourth-order valence-electron chi connectivity index (χ4n) is 1.84. The minimum atomic E-state index is -0.107. The molecule has 0 aromatic rings. The van der Waals surface area contributed by atoms with E-state index in [-0.39, 0.29) is 18.1 Å². The number of hydrogen-bond donors (Lipinski definition) is 0. The van der Waals surface area contributed by atoms with Gasteiger partial charge in [0.2, 0.25) is 0 Å². The van der Waals surface area contributed by atoms with Crippen LogP contribution in [-0.2, 0) is 14.3 Å². The Morgan fingerprint density at radius 1 is 1.67 bits per heavy atom. The lowest BCUT2D eigenvalue weighted by Crippen LogP contribution is -2.46. The minimum absolute atomic E-state index is 0.107. The largest absolute Gasteiger partial charge is 0.466 e. The van der Waals surface area contributed by atoms with Gasteiger partial charge in [-0.3, -0.25) is 9.69 Å². The molecule has 1 rings (SSSR count). The molecule has 0 saturated carbocycles. The van der Waals surface area contributed by atoms with Crippen LogP contribution in [0.5, 0.6) is 0 Å². The molecule has 1 fully saturated rings. The fourth-order valence-corrected chi connectivity index (χ4v) is 1.84. The molecule has 1 heterocycles. The molecular formula is C11H21NO3. The van der Waals surface area contributed by atoms with Crippen LogP contribution in [0, 0.1) is 0 Å². The first kappa shape index (κ1) is 12.5. The van der Waals surface area contributed by atoms with Crippen molar-refractivity contribution in [3.05, 3.63) is 0 Å². The van der Waals surface area contributed by atoms with Crippen molar-refractivity contribution in [1.29, 1.82) is 0 Å². The molecule has 1 aliphatic heterocycles. The van der Waals surface area contributed by atoms with Gasteiger partial charge in [0.15, 0.2) is 0 Å². The number of carbonyl (C=O) groups is 1. The minimum Gasteiger partial charge on any atom is -0.466 e. The molecule has 0 spiro atoms. The van der Waals surface area contributed by atoms with Gasteiger partial charge in [0, 0.05) is 19.1 Å². The lowest BCUT2D eigenvalue weighted by molar-refractivity contribution is -0.145. The Bertz CT molecular complexity index is 208. The summed E-state index contributed by atoms with van der Waals surface area (Å²) in [6, 6.07) is 0.246. The number of carbonyl (C=O) groups excluding carboxylic acids is 1.